The minimum Gasteiger partial charge on any atom is -0.507 e. The number of aromatic nitrogens is 2. The predicted molar refractivity (Wildman–Crippen MR) is 139 cm³/mol. The van der Waals surface area contributed by atoms with Crippen LogP contribution in [0.4, 0.5) is 14.6 Å². The number of aromatic hydroxyl groups is 1. The molecule has 37 heavy (non-hydrogen) atoms. The van der Waals surface area contributed by atoms with E-state index in [1.165, 1.54) is 24.0 Å². The Morgan fingerprint density at radius 1 is 1.05 bits per heavy atom. The molecule has 6 nitrogen and oxygen atoms in total. The van der Waals surface area contributed by atoms with Crippen molar-refractivity contribution >= 4 is 28.3 Å². The fraction of sp³-hybridized carbons (Fsp3) is 0.286. The molecule has 190 valence electrons. The zero-order valence-corrected chi connectivity index (χ0v) is 20.9. The first-order chi connectivity index (χ1) is 17.9. The van der Waals surface area contributed by atoms with Crippen LogP contribution in [0.3, 0.4) is 0 Å². The monoisotopic (exact) mass is 522 g/mol. The summed E-state index contributed by atoms with van der Waals surface area (Å²) in [6, 6.07) is 14.4. The molecular weight excluding hydrogens is 498 g/mol. The van der Waals surface area contributed by atoms with Crippen LogP contribution in [0.25, 0.3) is 22.0 Å². The Balaban J connectivity index is 1.46. The topological polar surface area (TPSA) is 61.7 Å². The molecule has 4 aromatic rings. The van der Waals surface area contributed by atoms with E-state index in [9.17, 15) is 9.50 Å². The lowest BCUT2D eigenvalue weighted by atomic mass is 9.98. The maximum Gasteiger partial charge on any atom is 0.159 e. The average Bonchev–Trinajstić information content (AvgIpc) is 2.88. The van der Waals surface area contributed by atoms with Crippen molar-refractivity contribution in [2.45, 2.75) is 32.0 Å². The second kappa shape index (κ2) is 9.43. The molecule has 0 spiro atoms. The molecule has 0 saturated carbocycles. The molecule has 1 fully saturated rings. The van der Waals surface area contributed by atoms with Crippen LogP contribution in [-0.4, -0.2) is 51.8 Å². The molecule has 2 aliphatic rings. The molecule has 1 saturated heterocycles. The van der Waals surface area contributed by atoms with Crippen molar-refractivity contribution in [1.82, 2.24) is 14.9 Å². The van der Waals surface area contributed by atoms with Crippen LogP contribution >= 0.6 is 11.6 Å². The summed E-state index contributed by atoms with van der Waals surface area (Å²) in [6.07, 6.45) is 2.00. The summed E-state index contributed by atoms with van der Waals surface area (Å²) < 4.78 is 36.9. The lowest BCUT2D eigenvalue weighted by Crippen LogP contribution is -2.58. The van der Waals surface area contributed by atoms with E-state index in [1.54, 1.807) is 0 Å². The number of benzene rings is 3. The smallest absolute Gasteiger partial charge is 0.159 e. The van der Waals surface area contributed by atoms with Crippen molar-refractivity contribution in [3.63, 3.8) is 0 Å². The number of anilines is 1. The highest BCUT2D eigenvalue weighted by Crippen LogP contribution is 2.49. The van der Waals surface area contributed by atoms with Gasteiger partial charge in [0, 0.05) is 43.7 Å². The Morgan fingerprint density at radius 2 is 1.86 bits per heavy atom. The lowest BCUT2D eigenvalue weighted by molar-refractivity contribution is 0.140. The summed E-state index contributed by atoms with van der Waals surface area (Å²) in [7, 11) is 0. The molecule has 6 rings (SSSR count). The summed E-state index contributed by atoms with van der Waals surface area (Å²) in [5.74, 6) is -1.30. The second-order valence-electron chi connectivity index (χ2n) is 9.59. The number of ether oxygens (including phenoxy) is 1. The number of fused-ring (bicyclic) bond motifs is 2. The Kier molecular flexibility index (Phi) is 6.09. The highest BCUT2D eigenvalue weighted by atomic mass is 35.5. The van der Waals surface area contributed by atoms with Crippen molar-refractivity contribution in [1.29, 1.82) is 0 Å². The van der Waals surface area contributed by atoms with Gasteiger partial charge in [-0.1, -0.05) is 48.0 Å². The van der Waals surface area contributed by atoms with Gasteiger partial charge >= 0.3 is 0 Å². The number of hydrogen-bond acceptors (Lipinski definition) is 6. The maximum absolute atomic E-state index is 16.0. The lowest BCUT2D eigenvalue weighted by Gasteiger charge is -2.47. The van der Waals surface area contributed by atoms with Crippen molar-refractivity contribution < 1.29 is 18.6 Å². The summed E-state index contributed by atoms with van der Waals surface area (Å²) in [4.78, 5) is 13.4. The van der Waals surface area contributed by atoms with Crippen LogP contribution in [0.15, 0.2) is 54.9 Å². The number of phenols is 1. The van der Waals surface area contributed by atoms with E-state index in [4.69, 9.17) is 16.3 Å². The average molecular weight is 523 g/mol. The molecular formula is C28H25ClF2N4O2. The molecule has 0 unspecified atom stereocenters. The van der Waals surface area contributed by atoms with E-state index in [0.717, 1.165) is 19.2 Å². The van der Waals surface area contributed by atoms with Gasteiger partial charge in [-0.15, -0.1) is 0 Å². The molecule has 0 amide bonds. The third-order valence-electron chi connectivity index (χ3n) is 7.31. The van der Waals surface area contributed by atoms with Gasteiger partial charge in [-0.3, -0.25) is 4.90 Å². The number of rotatable bonds is 3. The third kappa shape index (κ3) is 4.04. The van der Waals surface area contributed by atoms with E-state index in [0.29, 0.717) is 30.8 Å². The van der Waals surface area contributed by atoms with E-state index >= 15 is 4.39 Å². The molecule has 2 atom stereocenters. The molecule has 1 aromatic heterocycles. The van der Waals surface area contributed by atoms with Gasteiger partial charge in [0.25, 0.3) is 0 Å². The third-order valence-corrected chi connectivity index (χ3v) is 7.67. The molecule has 1 N–H and O–H groups in total. The highest BCUT2D eigenvalue weighted by Gasteiger charge is 2.37. The largest absolute Gasteiger partial charge is 0.507 e. The van der Waals surface area contributed by atoms with Crippen LogP contribution in [-0.2, 0) is 6.54 Å². The van der Waals surface area contributed by atoms with Gasteiger partial charge in [0.05, 0.1) is 22.6 Å². The summed E-state index contributed by atoms with van der Waals surface area (Å²) in [6.45, 7) is 4.80. The number of piperazine rings is 1. The predicted octanol–water partition coefficient (Wildman–Crippen LogP) is 5.80. The standard InChI is InChI=1S/C28H25ClF2N4O2/c1-16-12-35-18(14-34(16)13-17-6-3-2-4-7-17)10-11-37-27-23-26(32-15-33-28(23)35)25(31)22(24(27)29)21-19(30)8-5-9-20(21)36/h2-9,15-16,18,36H,10-14H2,1H3/t16-,18-/m1/s1. The minimum atomic E-state index is -0.829. The number of hydrogen-bond donors (Lipinski definition) is 1. The molecule has 0 radical (unpaired) electrons. The van der Waals surface area contributed by atoms with Gasteiger partial charge in [0.2, 0.25) is 0 Å². The van der Waals surface area contributed by atoms with Crippen LogP contribution in [0.5, 0.6) is 11.5 Å². The fourth-order valence-corrected chi connectivity index (χ4v) is 5.79. The van der Waals surface area contributed by atoms with Gasteiger partial charge in [0.15, 0.2) is 11.6 Å². The first kappa shape index (κ1) is 23.9. The van der Waals surface area contributed by atoms with Crippen molar-refractivity contribution in [3.8, 4) is 22.6 Å². The molecule has 2 aliphatic heterocycles. The Morgan fingerprint density at radius 3 is 2.65 bits per heavy atom. The summed E-state index contributed by atoms with van der Waals surface area (Å²) >= 11 is 6.70. The van der Waals surface area contributed by atoms with Gasteiger partial charge in [-0.25, -0.2) is 18.7 Å². The molecule has 9 heteroatoms. The van der Waals surface area contributed by atoms with Crippen molar-refractivity contribution in [3.05, 3.63) is 77.1 Å². The summed E-state index contributed by atoms with van der Waals surface area (Å²) in [5, 5.41) is 10.6. The fourth-order valence-electron chi connectivity index (χ4n) is 5.46. The van der Waals surface area contributed by atoms with E-state index < -0.39 is 17.4 Å². The zero-order valence-electron chi connectivity index (χ0n) is 20.2. The van der Waals surface area contributed by atoms with E-state index in [2.05, 4.69) is 38.8 Å². The first-order valence-electron chi connectivity index (χ1n) is 12.2. The second-order valence-corrected chi connectivity index (χ2v) is 9.97. The van der Waals surface area contributed by atoms with Crippen LogP contribution in [0.1, 0.15) is 18.9 Å². The normalized spacial score (nSPS) is 19.7. The van der Waals surface area contributed by atoms with Crippen LogP contribution < -0.4 is 9.64 Å². The number of halogens is 3. The Hall–Kier alpha value is -3.49. The van der Waals surface area contributed by atoms with Gasteiger partial charge in [0.1, 0.15) is 29.2 Å². The quantitative estimate of drug-likeness (QED) is 0.367. The summed E-state index contributed by atoms with van der Waals surface area (Å²) in [5.41, 5.74) is 0.622. The molecule has 3 heterocycles. The maximum atomic E-state index is 16.0. The Labute approximate surface area is 218 Å². The molecule has 3 aromatic carbocycles. The van der Waals surface area contributed by atoms with Gasteiger partial charge < -0.3 is 14.7 Å². The minimum absolute atomic E-state index is 0.0259. The van der Waals surface area contributed by atoms with E-state index in [1.807, 2.05) is 18.2 Å². The molecule has 0 aliphatic carbocycles. The number of nitrogens with zero attached hydrogens (tertiary/aromatic N) is 4. The van der Waals surface area contributed by atoms with E-state index in [-0.39, 0.29) is 39.5 Å². The molecule has 0 bridgehead atoms. The van der Waals surface area contributed by atoms with Crippen LogP contribution in [0, 0.1) is 11.6 Å². The SMILES string of the molecule is C[C@@H]1CN2c3ncnc4c(F)c(-c5c(O)cccc5F)c(Cl)c(c34)OCC[C@@H]2CN1Cc1ccccc1. The zero-order chi connectivity index (χ0) is 25.7. The van der Waals surface area contributed by atoms with Gasteiger partial charge in [-0.2, -0.15) is 0 Å². The Bertz CT molecular complexity index is 1470. The van der Waals surface area contributed by atoms with Gasteiger partial charge in [-0.05, 0) is 24.6 Å². The van der Waals surface area contributed by atoms with Crippen LogP contribution in [0.2, 0.25) is 5.02 Å². The number of phenolic OH excluding ortho intramolecular Hbond substituents is 1. The highest BCUT2D eigenvalue weighted by molar-refractivity contribution is 6.36. The first-order valence-corrected chi connectivity index (χ1v) is 12.6. The van der Waals surface area contributed by atoms with Crippen molar-refractivity contribution in [2.75, 3.05) is 24.6 Å². The van der Waals surface area contributed by atoms with Crippen molar-refractivity contribution in [2.24, 2.45) is 0 Å².